The van der Waals surface area contributed by atoms with Crippen LogP contribution in [0.5, 0.6) is 0 Å². The van der Waals surface area contributed by atoms with Crippen LogP contribution in [0.1, 0.15) is 11.3 Å². The van der Waals surface area contributed by atoms with Gasteiger partial charge in [0.05, 0.1) is 11.2 Å². The van der Waals surface area contributed by atoms with Gasteiger partial charge in [0.25, 0.3) is 0 Å². The normalized spacial score (nSPS) is 11.7. The van der Waals surface area contributed by atoms with Gasteiger partial charge in [-0.3, -0.25) is 0 Å². The zero-order chi connectivity index (χ0) is 14.6. The second-order valence-electron chi connectivity index (χ2n) is 4.10. The number of benzene rings is 1. The summed E-state index contributed by atoms with van der Waals surface area (Å²) in [7, 11) is -3.86. The topological polar surface area (TPSA) is 85.1 Å². The molecule has 0 aliphatic heterocycles. The molecule has 108 valence electrons. The van der Waals surface area contributed by atoms with Gasteiger partial charge in [0.1, 0.15) is 10.7 Å². The van der Waals surface area contributed by atoms with Crippen LogP contribution in [-0.4, -0.2) is 19.9 Å². The molecule has 0 saturated carbocycles. The molecule has 0 atom stereocenters. The van der Waals surface area contributed by atoms with E-state index in [0.29, 0.717) is 12.0 Å². The van der Waals surface area contributed by atoms with Crippen LogP contribution in [0.3, 0.4) is 0 Å². The Morgan fingerprint density at radius 3 is 2.80 bits per heavy atom. The summed E-state index contributed by atoms with van der Waals surface area (Å²) in [6.45, 7) is 0.332. The minimum absolute atomic E-state index is 0.161. The van der Waals surface area contributed by atoms with E-state index in [1.54, 1.807) is 5.51 Å². The Hall–Kier alpha value is -1.35. The highest BCUT2D eigenvalue weighted by molar-refractivity contribution is 7.89. The molecule has 0 aliphatic carbocycles. The first-order valence-corrected chi connectivity index (χ1v) is 8.31. The average Bonchev–Trinajstić information content (AvgIpc) is 2.91. The Balaban J connectivity index is 2.06. The van der Waals surface area contributed by atoms with Crippen LogP contribution in [-0.2, 0) is 23.0 Å². The SMILES string of the molecule is NCc1ccc(S(=O)(=O)NCCc2cscn2)c(F)c1. The van der Waals surface area contributed by atoms with E-state index in [4.69, 9.17) is 5.73 Å². The van der Waals surface area contributed by atoms with Gasteiger partial charge >= 0.3 is 0 Å². The summed E-state index contributed by atoms with van der Waals surface area (Å²) in [5.41, 5.74) is 8.40. The number of sulfonamides is 1. The predicted octanol–water partition coefficient (Wildman–Crippen LogP) is 1.26. The zero-order valence-corrected chi connectivity index (χ0v) is 12.2. The smallest absolute Gasteiger partial charge is 0.243 e. The minimum Gasteiger partial charge on any atom is -0.326 e. The lowest BCUT2D eigenvalue weighted by Gasteiger charge is -2.08. The van der Waals surface area contributed by atoms with Crippen LogP contribution < -0.4 is 10.5 Å². The fourth-order valence-corrected chi connectivity index (χ4v) is 3.32. The van der Waals surface area contributed by atoms with E-state index in [1.807, 2.05) is 5.38 Å². The van der Waals surface area contributed by atoms with Crippen molar-refractivity contribution in [3.63, 3.8) is 0 Å². The molecule has 1 aromatic carbocycles. The van der Waals surface area contributed by atoms with E-state index in [9.17, 15) is 12.8 Å². The molecular formula is C12H14FN3O2S2. The molecule has 0 saturated heterocycles. The fraction of sp³-hybridized carbons (Fsp3) is 0.250. The monoisotopic (exact) mass is 315 g/mol. The third-order valence-electron chi connectivity index (χ3n) is 2.68. The van der Waals surface area contributed by atoms with Crippen LogP contribution in [0.25, 0.3) is 0 Å². The number of nitrogens with one attached hydrogen (secondary N) is 1. The lowest BCUT2D eigenvalue weighted by Crippen LogP contribution is -2.27. The van der Waals surface area contributed by atoms with Crippen LogP contribution in [0.4, 0.5) is 4.39 Å². The summed E-state index contributed by atoms with van der Waals surface area (Å²) in [5, 5.41) is 1.84. The van der Waals surface area contributed by atoms with E-state index in [0.717, 1.165) is 11.8 Å². The fourth-order valence-electron chi connectivity index (χ4n) is 1.64. The summed E-state index contributed by atoms with van der Waals surface area (Å²) in [6, 6.07) is 3.86. The molecule has 20 heavy (non-hydrogen) atoms. The Bertz CT molecular complexity index is 672. The van der Waals surface area contributed by atoms with Crippen molar-refractivity contribution in [2.75, 3.05) is 6.54 Å². The average molecular weight is 315 g/mol. The van der Waals surface area contributed by atoms with E-state index in [-0.39, 0.29) is 18.0 Å². The van der Waals surface area contributed by atoms with Gasteiger partial charge in [-0.1, -0.05) is 6.07 Å². The molecule has 1 aromatic heterocycles. The highest BCUT2D eigenvalue weighted by Gasteiger charge is 2.18. The third-order valence-corrected chi connectivity index (χ3v) is 4.81. The molecule has 5 nitrogen and oxygen atoms in total. The predicted molar refractivity (Wildman–Crippen MR) is 75.3 cm³/mol. The number of nitrogens with zero attached hydrogens (tertiary/aromatic N) is 1. The van der Waals surface area contributed by atoms with Crippen molar-refractivity contribution in [1.82, 2.24) is 9.71 Å². The molecule has 0 unspecified atom stereocenters. The quantitative estimate of drug-likeness (QED) is 0.840. The maximum atomic E-state index is 13.7. The molecule has 0 radical (unpaired) electrons. The third kappa shape index (κ3) is 3.60. The number of nitrogens with two attached hydrogens (primary N) is 1. The van der Waals surface area contributed by atoms with Gasteiger partial charge in [-0.25, -0.2) is 22.5 Å². The van der Waals surface area contributed by atoms with Crippen LogP contribution in [0, 0.1) is 5.82 Å². The van der Waals surface area contributed by atoms with Crippen molar-refractivity contribution in [3.05, 3.63) is 46.2 Å². The summed E-state index contributed by atoms with van der Waals surface area (Å²) in [5.74, 6) is -0.797. The lowest BCUT2D eigenvalue weighted by molar-refractivity contribution is 0.556. The molecule has 0 bridgehead atoms. The van der Waals surface area contributed by atoms with Gasteiger partial charge in [0.15, 0.2) is 0 Å². The first-order chi connectivity index (χ1) is 9.53. The van der Waals surface area contributed by atoms with E-state index in [2.05, 4.69) is 9.71 Å². The van der Waals surface area contributed by atoms with Crippen molar-refractivity contribution in [1.29, 1.82) is 0 Å². The molecule has 2 aromatic rings. The zero-order valence-electron chi connectivity index (χ0n) is 10.5. The van der Waals surface area contributed by atoms with Crippen molar-refractivity contribution in [2.45, 2.75) is 17.9 Å². The maximum absolute atomic E-state index is 13.7. The standard InChI is InChI=1S/C12H14FN3O2S2/c13-11-5-9(6-14)1-2-12(11)20(17,18)16-4-3-10-7-19-8-15-10/h1-2,5,7-8,16H,3-4,6,14H2. The van der Waals surface area contributed by atoms with E-state index >= 15 is 0 Å². The van der Waals surface area contributed by atoms with Gasteiger partial charge in [-0.15, -0.1) is 11.3 Å². The number of rotatable bonds is 6. The van der Waals surface area contributed by atoms with Crippen molar-refractivity contribution < 1.29 is 12.8 Å². The van der Waals surface area contributed by atoms with Crippen LogP contribution >= 0.6 is 11.3 Å². The molecule has 0 fully saturated rings. The van der Waals surface area contributed by atoms with Gasteiger partial charge in [-0.05, 0) is 17.7 Å². The number of hydrogen-bond acceptors (Lipinski definition) is 5. The Morgan fingerprint density at radius 2 is 2.20 bits per heavy atom. The summed E-state index contributed by atoms with van der Waals surface area (Å²) < 4.78 is 40.1. The molecule has 0 spiro atoms. The Labute approximate surface area is 120 Å². The first-order valence-electron chi connectivity index (χ1n) is 5.88. The number of thiazole rings is 1. The minimum atomic E-state index is -3.86. The first kappa shape index (κ1) is 15.0. The highest BCUT2D eigenvalue weighted by atomic mass is 32.2. The van der Waals surface area contributed by atoms with Gasteiger partial charge in [0.2, 0.25) is 10.0 Å². The van der Waals surface area contributed by atoms with Gasteiger partial charge < -0.3 is 5.73 Å². The number of aromatic nitrogens is 1. The lowest BCUT2D eigenvalue weighted by atomic mass is 10.2. The highest BCUT2D eigenvalue weighted by Crippen LogP contribution is 2.15. The summed E-state index contributed by atoms with van der Waals surface area (Å²) >= 11 is 1.44. The summed E-state index contributed by atoms with van der Waals surface area (Å²) in [6.07, 6.45) is 0.464. The number of halogens is 1. The Morgan fingerprint density at radius 1 is 1.40 bits per heavy atom. The number of hydrogen-bond donors (Lipinski definition) is 2. The summed E-state index contributed by atoms with van der Waals surface area (Å²) in [4.78, 5) is 3.68. The van der Waals surface area contributed by atoms with Gasteiger partial charge in [-0.2, -0.15) is 0 Å². The molecule has 8 heteroatoms. The van der Waals surface area contributed by atoms with Crippen molar-refractivity contribution >= 4 is 21.4 Å². The molecular weight excluding hydrogens is 301 g/mol. The largest absolute Gasteiger partial charge is 0.326 e. The maximum Gasteiger partial charge on any atom is 0.243 e. The molecule has 0 amide bonds. The second kappa shape index (κ2) is 6.40. The van der Waals surface area contributed by atoms with Crippen LogP contribution in [0.15, 0.2) is 34.0 Å². The van der Waals surface area contributed by atoms with E-state index in [1.165, 1.54) is 23.5 Å². The van der Waals surface area contributed by atoms with Crippen molar-refractivity contribution in [2.24, 2.45) is 5.73 Å². The van der Waals surface area contributed by atoms with Gasteiger partial charge in [0, 0.05) is 24.9 Å². The second-order valence-corrected chi connectivity index (χ2v) is 6.55. The van der Waals surface area contributed by atoms with Crippen molar-refractivity contribution in [3.8, 4) is 0 Å². The molecule has 3 N–H and O–H groups in total. The van der Waals surface area contributed by atoms with E-state index < -0.39 is 15.8 Å². The molecule has 2 rings (SSSR count). The molecule has 1 heterocycles. The molecule has 0 aliphatic rings. The van der Waals surface area contributed by atoms with Crippen LogP contribution in [0.2, 0.25) is 0 Å². The Kier molecular flexibility index (Phi) is 4.81.